The lowest BCUT2D eigenvalue weighted by Gasteiger charge is -2.44. The summed E-state index contributed by atoms with van der Waals surface area (Å²) in [6.45, 7) is 2.02. The first-order chi connectivity index (χ1) is 32.7. The van der Waals surface area contributed by atoms with Gasteiger partial charge in [-0.1, -0.05) is 111 Å². The highest BCUT2D eigenvalue weighted by Gasteiger charge is 2.51. The number of aliphatic hydroxyl groups is 2. The molecule has 4 aromatic carbocycles. The van der Waals surface area contributed by atoms with Gasteiger partial charge < -0.3 is 36.3 Å². The molecule has 8 N–H and O–H groups in total. The molecule has 4 aromatic rings. The molecule has 5 heterocycles. The van der Waals surface area contributed by atoms with Crippen molar-refractivity contribution in [3.05, 3.63) is 142 Å². The molecule has 358 valence electrons. The van der Waals surface area contributed by atoms with Crippen LogP contribution in [-0.2, 0) is 33.4 Å². The number of nitrogens with two attached hydrogens (primary N) is 2. The van der Waals surface area contributed by atoms with E-state index in [0.717, 1.165) is 65.5 Å². The molecule has 0 spiro atoms. The van der Waals surface area contributed by atoms with Gasteiger partial charge in [0, 0.05) is 48.0 Å². The van der Waals surface area contributed by atoms with E-state index in [-0.39, 0.29) is 60.7 Å². The van der Waals surface area contributed by atoms with Crippen molar-refractivity contribution in [2.24, 2.45) is 46.0 Å². The van der Waals surface area contributed by atoms with Crippen molar-refractivity contribution >= 4 is 16.1 Å². The molecule has 8 aliphatic rings. The van der Waals surface area contributed by atoms with Gasteiger partial charge in [-0.15, -0.1) is 0 Å². The molecule has 11 atom stereocenters. The van der Waals surface area contributed by atoms with Crippen LogP contribution in [0.25, 0.3) is 0 Å². The average molecular weight is 940 g/mol. The fraction of sp³-hybridized carbons (Fsp3) is 0.482. The Morgan fingerprint density at radius 1 is 0.956 bits per heavy atom. The molecule has 11 nitrogen and oxygen atoms in total. The predicted molar refractivity (Wildman–Crippen MR) is 262 cm³/mol. The van der Waals surface area contributed by atoms with Crippen molar-refractivity contribution in [3.63, 3.8) is 0 Å². The number of rotatable bonds is 8. The van der Waals surface area contributed by atoms with Gasteiger partial charge in [0.1, 0.15) is 17.6 Å². The summed E-state index contributed by atoms with van der Waals surface area (Å²) in [6.07, 6.45) is 9.30. The maximum atomic E-state index is 14.3. The van der Waals surface area contributed by atoms with Gasteiger partial charge >= 0.3 is 0 Å². The summed E-state index contributed by atoms with van der Waals surface area (Å²) >= 11 is 0. The number of ether oxygens (including phenoxy) is 2. The normalized spacial score (nSPS) is 30.9. The van der Waals surface area contributed by atoms with Gasteiger partial charge in [0.15, 0.2) is 5.96 Å². The highest BCUT2D eigenvalue weighted by atomic mass is 32.2. The first-order valence-electron chi connectivity index (χ1n) is 24.7. The van der Waals surface area contributed by atoms with Crippen LogP contribution in [0.15, 0.2) is 108 Å². The van der Waals surface area contributed by atoms with Crippen LogP contribution in [0.3, 0.4) is 0 Å². The zero-order chi connectivity index (χ0) is 47.4. The molecular formula is C56H65N3O8S. The van der Waals surface area contributed by atoms with E-state index in [4.69, 9.17) is 25.9 Å². The summed E-state index contributed by atoms with van der Waals surface area (Å²) in [5.41, 5.74) is 17.4. The van der Waals surface area contributed by atoms with Crippen LogP contribution in [0.5, 0.6) is 11.5 Å². The van der Waals surface area contributed by atoms with E-state index in [1.807, 2.05) is 60.7 Å². The third-order valence-corrected chi connectivity index (χ3v) is 18.0. The van der Waals surface area contributed by atoms with Gasteiger partial charge in [-0.25, -0.2) is 4.99 Å². The summed E-state index contributed by atoms with van der Waals surface area (Å²) in [7, 11) is -4.66. The second-order valence-electron chi connectivity index (χ2n) is 20.9. The number of benzene rings is 4. The summed E-state index contributed by atoms with van der Waals surface area (Å²) < 4.78 is 54.5. The Balaban J connectivity index is 1.18. The largest absolute Gasteiger partial charge is 0.508 e. The second-order valence-corrected chi connectivity index (χ2v) is 22.5. The van der Waals surface area contributed by atoms with Crippen molar-refractivity contribution in [3.8, 4) is 23.3 Å². The number of nitrogens with zero attached hydrogens (tertiary/aromatic N) is 1. The number of aliphatic imine (C=N–C) groups is 1. The lowest BCUT2D eigenvalue weighted by atomic mass is 9.64. The predicted octanol–water partition coefficient (Wildman–Crippen LogP) is 8.71. The lowest BCUT2D eigenvalue weighted by Crippen LogP contribution is -2.47. The molecule has 0 radical (unpaired) electrons. The van der Waals surface area contributed by atoms with Gasteiger partial charge in [0.05, 0.1) is 17.0 Å². The number of guanidine groups is 1. The van der Waals surface area contributed by atoms with Gasteiger partial charge in [-0.3, -0.25) is 4.55 Å². The Morgan fingerprint density at radius 2 is 1.72 bits per heavy atom. The summed E-state index contributed by atoms with van der Waals surface area (Å²) in [5, 5.41) is 33.0. The number of aromatic hydroxyl groups is 1. The minimum Gasteiger partial charge on any atom is -0.508 e. The van der Waals surface area contributed by atoms with Crippen LogP contribution < -0.4 is 16.2 Å². The van der Waals surface area contributed by atoms with E-state index >= 15 is 0 Å². The fourth-order valence-electron chi connectivity index (χ4n) is 13.3. The van der Waals surface area contributed by atoms with Gasteiger partial charge in [0.2, 0.25) is 5.72 Å². The zero-order valence-corrected chi connectivity index (χ0v) is 39.7. The smallest absolute Gasteiger partial charge is 0.268 e. The highest BCUT2D eigenvalue weighted by Crippen LogP contribution is 2.56. The zero-order valence-electron chi connectivity index (χ0n) is 38.8. The topological polar surface area (TPSA) is 198 Å². The number of fused-ring (bicyclic) bond motifs is 9. The minimum absolute atomic E-state index is 0.0771. The molecule has 3 aliphatic carbocycles. The Bertz CT molecular complexity index is 2740. The molecule has 68 heavy (non-hydrogen) atoms. The minimum atomic E-state index is -4.66. The molecule has 0 aromatic heterocycles. The number of phenols is 1. The molecule has 2 fully saturated rings. The van der Waals surface area contributed by atoms with Crippen molar-refractivity contribution < 1.29 is 37.8 Å². The van der Waals surface area contributed by atoms with E-state index in [2.05, 4.69) is 43.0 Å². The Hall–Kier alpha value is -5.16. The Labute approximate surface area is 400 Å². The highest BCUT2D eigenvalue weighted by molar-refractivity contribution is 7.86. The van der Waals surface area contributed by atoms with Crippen LogP contribution in [0.4, 0.5) is 0 Å². The second kappa shape index (κ2) is 18.6. The van der Waals surface area contributed by atoms with E-state index in [1.165, 1.54) is 0 Å². The van der Waals surface area contributed by atoms with Gasteiger partial charge in [0.25, 0.3) is 10.1 Å². The molecule has 12 heteroatoms. The SMILES string of the molecule is CC1CCc2cc3ccc2C1CC(S(=O)(=O)O)C1C=C2CC(CC4OC2c2ccc(O)cc2C#CCC4CO)C1c1ccc(cc1)C(CC(Cc1ccccc1)C1(O)CCCCC1)(N=C(N)N)O3. The number of allylic oxidation sites excluding steroid dienone is 1. The molecule has 0 amide bonds. The molecule has 1 saturated carbocycles. The van der Waals surface area contributed by atoms with E-state index < -0.39 is 50.7 Å². The maximum absolute atomic E-state index is 14.3. The number of hydrogen-bond acceptors (Lipinski definition) is 8. The first kappa shape index (κ1) is 46.6. The van der Waals surface area contributed by atoms with Crippen LogP contribution >= 0.6 is 0 Å². The van der Waals surface area contributed by atoms with E-state index in [1.54, 1.807) is 12.1 Å². The standard InChI is InChI=1S/C56H65N3O8S/c1-34-13-14-38-28-45-20-22-46(38)48(34)31-51(68(63,64)65)49-29-41-26-40(30-50-39(33-60)12-8-11-37-27-44(61)19-21-47(37)53(41)66-50)52(49)36-15-17-42(18-16-36)56(67-45,59-54(57)58)32-43(25-35-9-4-2-5-10-35)55(62)23-6-3-7-24-55/h2,4-5,9-10,15-22,27-29,34,39-40,43,48-53,60-62H,3,6-7,12-14,23-26,30-33H2,1H3,(H4,57,58,59)(H,63,64,65). The number of aliphatic hydroxyl groups excluding tert-OH is 1. The molecular weight excluding hydrogens is 875 g/mol. The fourth-order valence-corrected chi connectivity index (χ4v) is 14.4. The third kappa shape index (κ3) is 9.09. The van der Waals surface area contributed by atoms with Crippen molar-refractivity contribution in [1.82, 2.24) is 0 Å². The Morgan fingerprint density at radius 3 is 2.46 bits per heavy atom. The van der Waals surface area contributed by atoms with Crippen LogP contribution in [0, 0.1) is 41.4 Å². The maximum Gasteiger partial charge on any atom is 0.268 e. The number of aryl methyl sites for hydroxylation is 1. The monoisotopic (exact) mass is 939 g/mol. The van der Waals surface area contributed by atoms with Gasteiger partial charge in [-0.05, 0) is 133 Å². The van der Waals surface area contributed by atoms with E-state index in [0.29, 0.717) is 55.4 Å². The van der Waals surface area contributed by atoms with E-state index in [9.17, 15) is 28.3 Å². The number of phenolic OH excluding ortho intramolecular Hbond substituents is 1. The lowest BCUT2D eigenvalue weighted by molar-refractivity contribution is -0.0789. The van der Waals surface area contributed by atoms with Crippen LogP contribution in [-0.4, -0.2) is 57.8 Å². The molecule has 12 rings (SSSR count). The van der Waals surface area contributed by atoms with Crippen molar-refractivity contribution in [1.29, 1.82) is 0 Å². The average Bonchev–Trinajstić information content (AvgIpc) is 3.40. The molecule has 11 unspecified atom stereocenters. The quantitative estimate of drug-likeness (QED) is 0.0327. The summed E-state index contributed by atoms with van der Waals surface area (Å²) in [6, 6.07) is 29.4. The Kier molecular flexibility index (Phi) is 12.8. The first-order valence-corrected chi connectivity index (χ1v) is 26.2. The van der Waals surface area contributed by atoms with Gasteiger partial charge in [-0.2, -0.15) is 8.42 Å². The molecule has 10 bridgehead atoms. The van der Waals surface area contributed by atoms with Crippen LogP contribution in [0.1, 0.15) is 134 Å². The van der Waals surface area contributed by atoms with Crippen molar-refractivity contribution in [2.75, 3.05) is 6.61 Å². The number of hydrogen-bond donors (Lipinski definition) is 6. The summed E-state index contributed by atoms with van der Waals surface area (Å²) in [4.78, 5) is 5.05. The van der Waals surface area contributed by atoms with Crippen molar-refractivity contribution in [2.45, 2.75) is 131 Å². The molecule has 1 saturated heterocycles. The van der Waals surface area contributed by atoms with Crippen LogP contribution in [0.2, 0.25) is 0 Å². The summed E-state index contributed by atoms with van der Waals surface area (Å²) in [5.74, 6) is 5.06. The molecule has 5 aliphatic heterocycles. The third-order valence-electron chi connectivity index (χ3n) is 16.7.